The van der Waals surface area contributed by atoms with Gasteiger partial charge in [0, 0.05) is 12.5 Å². The number of hydrogen-bond donors (Lipinski definition) is 2. The van der Waals surface area contributed by atoms with E-state index in [9.17, 15) is 14.7 Å². The van der Waals surface area contributed by atoms with Gasteiger partial charge in [-0.15, -0.1) is 11.8 Å². The molecule has 31 heavy (non-hydrogen) atoms. The number of thioether (sulfide) groups is 1. The number of aromatic hydroxyl groups is 1. The van der Waals surface area contributed by atoms with Crippen molar-refractivity contribution in [3.05, 3.63) is 45.6 Å². The molecule has 6 nitrogen and oxygen atoms in total. The zero-order chi connectivity index (χ0) is 23.1. The van der Waals surface area contributed by atoms with Gasteiger partial charge in [0.25, 0.3) is 0 Å². The van der Waals surface area contributed by atoms with Crippen molar-refractivity contribution < 1.29 is 28.8 Å². The van der Waals surface area contributed by atoms with Crippen molar-refractivity contribution in [3.8, 4) is 28.4 Å². The third kappa shape index (κ3) is 6.24. The number of amides is 1. The van der Waals surface area contributed by atoms with Crippen LogP contribution in [0.3, 0.4) is 0 Å². The van der Waals surface area contributed by atoms with Crippen LogP contribution in [0.1, 0.15) is 30.5 Å². The summed E-state index contributed by atoms with van der Waals surface area (Å²) in [5, 5.41) is 13.3. The van der Waals surface area contributed by atoms with E-state index in [1.54, 1.807) is 18.2 Å². The standard InChI is InChI=1S/C21H23NO5S.2HI.V/c1-11(23)22-15-7-5-12-9-17(25)20(26-2)21(27-3)19(12)13-6-8-18(28-4)16(24)10-14(13)15;;;/h6,8-10,15,25H,5,7H2,1-4H3,(H,22,23);2*1H;/q;;;+2/p-2. The molecule has 0 saturated heterocycles. The van der Waals surface area contributed by atoms with E-state index in [2.05, 4.69) is 45.3 Å². The SMILES string of the molecule is COc1c(O)cc2c(c1OC)-c1ccc(SC)c(=O)cc1C(NC(C)=O)CC2.[I][V][I]. The van der Waals surface area contributed by atoms with Crippen LogP contribution in [0.25, 0.3) is 11.1 Å². The second-order valence-electron chi connectivity index (χ2n) is 6.63. The van der Waals surface area contributed by atoms with Crippen LogP contribution < -0.4 is 20.2 Å². The molecule has 1 aliphatic carbocycles. The summed E-state index contributed by atoms with van der Waals surface area (Å²) in [6.45, 7) is 1.46. The van der Waals surface area contributed by atoms with Gasteiger partial charge in [0.15, 0.2) is 16.9 Å². The molecule has 1 amide bonds. The summed E-state index contributed by atoms with van der Waals surface area (Å²) in [5.74, 6) is 0.473. The third-order valence-corrected chi connectivity index (χ3v) is 5.67. The molecule has 0 bridgehead atoms. The number of rotatable bonds is 4. The van der Waals surface area contributed by atoms with Crippen molar-refractivity contribution in [2.24, 2.45) is 0 Å². The minimum atomic E-state index is -0.326. The average Bonchev–Trinajstić information content (AvgIpc) is 2.96. The van der Waals surface area contributed by atoms with Crippen molar-refractivity contribution in [1.82, 2.24) is 5.32 Å². The van der Waals surface area contributed by atoms with Crippen molar-refractivity contribution in [3.63, 3.8) is 0 Å². The monoisotopic (exact) mass is 706 g/mol. The van der Waals surface area contributed by atoms with Gasteiger partial charge in [-0.25, -0.2) is 0 Å². The minimum absolute atomic E-state index is 0.00718. The predicted octanol–water partition coefficient (Wildman–Crippen LogP) is 5.05. The molecule has 1 unspecified atom stereocenters. The van der Waals surface area contributed by atoms with Gasteiger partial charge in [0.1, 0.15) is 0 Å². The van der Waals surface area contributed by atoms with Crippen molar-refractivity contribution in [2.45, 2.75) is 30.7 Å². The van der Waals surface area contributed by atoms with Gasteiger partial charge in [0.2, 0.25) is 11.7 Å². The first-order valence-corrected chi connectivity index (χ1v) is 19.4. The van der Waals surface area contributed by atoms with Crippen molar-refractivity contribution in [2.75, 3.05) is 20.5 Å². The number of hydrogen-bond acceptors (Lipinski definition) is 6. The van der Waals surface area contributed by atoms with Crippen molar-refractivity contribution >= 4 is 57.6 Å². The molecule has 0 spiro atoms. The molecule has 3 rings (SSSR count). The van der Waals surface area contributed by atoms with Crippen LogP contribution in [-0.4, -0.2) is 31.5 Å². The van der Waals surface area contributed by atoms with Crippen LogP contribution >= 0.6 is 51.7 Å². The zero-order valence-corrected chi connectivity index (χ0v) is 24.0. The van der Waals surface area contributed by atoms with E-state index >= 15 is 0 Å². The Morgan fingerprint density at radius 1 is 1.23 bits per heavy atom. The first kappa shape index (κ1) is 26.6. The second kappa shape index (κ2) is 12.6. The molecule has 0 radical (unpaired) electrons. The normalized spacial score (nSPS) is 14.1. The second-order valence-corrected chi connectivity index (χ2v) is 19.3. The molecule has 0 aliphatic heterocycles. The van der Waals surface area contributed by atoms with Gasteiger partial charge in [0.05, 0.1) is 25.2 Å². The average molecular weight is 706 g/mol. The van der Waals surface area contributed by atoms with E-state index in [0.717, 1.165) is 22.3 Å². The summed E-state index contributed by atoms with van der Waals surface area (Å²) in [6.07, 6.45) is 3.03. The molecule has 167 valence electrons. The number of halogens is 2. The summed E-state index contributed by atoms with van der Waals surface area (Å²) in [4.78, 5) is 25.1. The van der Waals surface area contributed by atoms with Gasteiger partial charge in [-0.3, -0.25) is 9.59 Å². The number of carbonyl (C=O) groups is 1. The Morgan fingerprint density at radius 3 is 2.42 bits per heavy atom. The van der Waals surface area contributed by atoms with Gasteiger partial charge < -0.3 is 19.9 Å². The predicted molar refractivity (Wildman–Crippen MR) is 138 cm³/mol. The Hall–Kier alpha value is -0.626. The number of phenolic OH excluding ortho intramolecular Hbond substituents is 1. The Morgan fingerprint density at radius 2 is 1.87 bits per heavy atom. The summed E-state index contributed by atoms with van der Waals surface area (Å²) in [6, 6.07) is 6.59. The zero-order valence-electron chi connectivity index (χ0n) is 17.5. The van der Waals surface area contributed by atoms with Gasteiger partial charge in [-0.2, -0.15) is 0 Å². The third-order valence-electron chi connectivity index (χ3n) is 4.89. The number of carbonyl (C=O) groups excluding carboxylic acids is 1. The molecule has 2 N–H and O–H groups in total. The molecule has 2 aromatic carbocycles. The first-order chi connectivity index (χ1) is 14.8. The Labute approximate surface area is 215 Å². The molecule has 1 atom stereocenters. The van der Waals surface area contributed by atoms with Crippen LogP contribution in [0, 0.1) is 0 Å². The van der Waals surface area contributed by atoms with E-state index in [-0.39, 0.29) is 28.9 Å². The molecular weight excluding hydrogens is 683 g/mol. The number of phenols is 1. The van der Waals surface area contributed by atoms with Gasteiger partial charge >= 0.3 is 49.4 Å². The molecular formula is C21H23I2NO5SV. The molecule has 10 heteroatoms. The van der Waals surface area contributed by atoms with Crippen LogP contribution in [-0.2, 0) is 20.7 Å². The van der Waals surface area contributed by atoms with Crippen molar-refractivity contribution in [1.29, 1.82) is 0 Å². The molecule has 0 saturated carbocycles. The van der Waals surface area contributed by atoms with Crippen LogP contribution in [0.15, 0.2) is 34.0 Å². The Balaban J connectivity index is 0.00000107. The summed E-state index contributed by atoms with van der Waals surface area (Å²) in [7, 11) is 3.61. The first-order valence-electron chi connectivity index (χ1n) is 9.21. The van der Waals surface area contributed by atoms with Gasteiger partial charge in [-0.05, 0) is 54.0 Å². The summed E-state index contributed by atoms with van der Waals surface area (Å²) >= 11 is 6.11. The van der Waals surface area contributed by atoms with E-state index in [1.807, 2.05) is 12.3 Å². The summed E-state index contributed by atoms with van der Waals surface area (Å²) < 4.78 is 11.0. The van der Waals surface area contributed by atoms with E-state index in [1.165, 1.54) is 32.9 Å². The molecule has 1 aliphatic rings. The molecule has 0 aromatic heterocycles. The number of nitrogens with one attached hydrogen (secondary N) is 1. The number of fused-ring (bicyclic) bond motifs is 3. The Kier molecular flexibility index (Phi) is 10.8. The van der Waals surface area contributed by atoms with Gasteiger partial charge in [-0.1, -0.05) is 6.07 Å². The number of benzene rings is 1. The van der Waals surface area contributed by atoms with E-state index < -0.39 is 0 Å². The Bertz CT molecular complexity index is 1020. The topological polar surface area (TPSA) is 84.9 Å². The number of aryl methyl sites for hydroxylation is 1. The molecule has 0 heterocycles. The van der Waals surface area contributed by atoms with Crippen LogP contribution in [0.5, 0.6) is 17.2 Å². The maximum absolute atomic E-state index is 12.7. The van der Waals surface area contributed by atoms with E-state index in [0.29, 0.717) is 33.0 Å². The van der Waals surface area contributed by atoms with Crippen LogP contribution in [0.4, 0.5) is 0 Å². The summed E-state index contributed by atoms with van der Waals surface area (Å²) in [5.41, 5.74) is 3.04. The van der Waals surface area contributed by atoms with Crippen LogP contribution in [0.2, 0.25) is 0 Å². The fourth-order valence-corrected chi connectivity index (χ4v) is 4.19. The molecule has 2 aromatic rings. The fourth-order valence-electron chi connectivity index (χ4n) is 3.73. The fraction of sp³-hybridized carbons (Fsp3) is 0.333. The molecule has 0 fully saturated rings. The quantitative estimate of drug-likeness (QED) is 0.343. The number of ether oxygens (including phenoxy) is 2. The maximum atomic E-state index is 12.7. The van der Waals surface area contributed by atoms with E-state index in [4.69, 9.17) is 9.47 Å². The number of methoxy groups -OCH3 is 2.